The molecule has 2 nitrogen and oxygen atoms in total. The van der Waals surface area contributed by atoms with Gasteiger partial charge in [-0.15, -0.1) is 11.3 Å². The SMILES string of the molecule is Cc1ccncc1-c1nc(-c2ccc(Cl)cc2)sc1CC(C)C. The minimum absolute atomic E-state index is 0.587. The number of nitrogens with zero attached hydrogens (tertiary/aromatic N) is 2. The molecule has 0 unspecified atom stereocenters. The zero-order valence-electron chi connectivity index (χ0n) is 13.5. The number of halogens is 1. The average molecular weight is 343 g/mol. The van der Waals surface area contributed by atoms with Gasteiger partial charge in [0.05, 0.1) is 5.69 Å². The molecule has 3 rings (SSSR count). The van der Waals surface area contributed by atoms with Gasteiger partial charge in [0, 0.05) is 33.4 Å². The Kier molecular flexibility index (Phi) is 4.79. The summed E-state index contributed by atoms with van der Waals surface area (Å²) >= 11 is 7.76. The Hall–Kier alpha value is -1.71. The normalized spacial score (nSPS) is 11.2. The minimum atomic E-state index is 0.587. The van der Waals surface area contributed by atoms with Crippen LogP contribution >= 0.6 is 22.9 Å². The summed E-state index contributed by atoms with van der Waals surface area (Å²) in [5, 5.41) is 1.78. The summed E-state index contributed by atoms with van der Waals surface area (Å²) in [6.07, 6.45) is 4.77. The van der Waals surface area contributed by atoms with Crippen molar-refractivity contribution in [2.24, 2.45) is 5.92 Å². The lowest BCUT2D eigenvalue weighted by atomic mass is 10.0. The second kappa shape index (κ2) is 6.81. The molecule has 0 saturated carbocycles. The molecule has 2 aromatic heterocycles. The number of aromatic nitrogens is 2. The van der Waals surface area contributed by atoms with Crippen LogP contribution in [0.1, 0.15) is 24.3 Å². The third-order valence-electron chi connectivity index (χ3n) is 3.68. The lowest BCUT2D eigenvalue weighted by molar-refractivity contribution is 0.654. The van der Waals surface area contributed by atoms with Gasteiger partial charge in [0.15, 0.2) is 0 Å². The van der Waals surface area contributed by atoms with Crippen molar-refractivity contribution in [3.8, 4) is 21.8 Å². The Morgan fingerprint density at radius 1 is 1.13 bits per heavy atom. The first kappa shape index (κ1) is 16.2. The highest BCUT2D eigenvalue weighted by atomic mass is 35.5. The molecular weight excluding hydrogens is 324 g/mol. The molecule has 0 fully saturated rings. The molecule has 23 heavy (non-hydrogen) atoms. The fourth-order valence-electron chi connectivity index (χ4n) is 2.50. The summed E-state index contributed by atoms with van der Waals surface area (Å²) in [6.45, 7) is 6.58. The average Bonchev–Trinajstić information content (AvgIpc) is 2.91. The molecule has 0 aliphatic rings. The van der Waals surface area contributed by atoms with Crippen molar-refractivity contribution in [3.63, 3.8) is 0 Å². The number of hydrogen-bond donors (Lipinski definition) is 0. The molecule has 3 aromatic rings. The van der Waals surface area contributed by atoms with Crippen LogP contribution in [0.5, 0.6) is 0 Å². The van der Waals surface area contributed by atoms with Gasteiger partial charge >= 0.3 is 0 Å². The van der Waals surface area contributed by atoms with E-state index in [-0.39, 0.29) is 0 Å². The second-order valence-corrected chi connectivity index (χ2v) is 7.61. The van der Waals surface area contributed by atoms with E-state index >= 15 is 0 Å². The molecule has 0 spiro atoms. The second-order valence-electron chi connectivity index (χ2n) is 6.09. The predicted octanol–water partition coefficient (Wildman–Crippen LogP) is 6.03. The van der Waals surface area contributed by atoms with Gasteiger partial charge in [-0.25, -0.2) is 4.98 Å². The Bertz CT molecular complexity index is 806. The van der Waals surface area contributed by atoms with E-state index in [4.69, 9.17) is 16.6 Å². The van der Waals surface area contributed by atoms with Crippen molar-refractivity contribution in [1.29, 1.82) is 0 Å². The van der Waals surface area contributed by atoms with E-state index in [0.717, 1.165) is 33.3 Å². The lowest BCUT2D eigenvalue weighted by Gasteiger charge is -2.06. The summed E-state index contributed by atoms with van der Waals surface area (Å²) in [5.41, 5.74) is 4.51. The molecule has 1 aromatic carbocycles. The predicted molar refractivity (Wildman–Crippen MR) is 99.1 cm³/mol. The van der Waals surface area contributed by atoms with E-state index < -0.39 is 0 Å². The number of thiazole rings is 1. The van der Waals surface area contributed by atoms with Crippen molar-refractivity contribution in [2.75, 3.05) is 0 Å². The quantitative estimate of drug-likeness (QED) is 0.578. The summed E-state index contributed by atoms with van der Waals surface area (Å²) in [5.74, 6) is 0.587. The third kappa shape index (κ3) is 3.62. The summed E-state index contributed by atoms with van der Waals surface area (Å²) in [7, 11) is 0. The van der Waals surface area contributed by atoms with Crippen LogP contribution in [0.2, 0.25) is 5.02 Å². The number of hydrogen-bond acceptors (Lipinski definition) is 3. The maximum absolute atomic E-state index is 6.00. The van der Waals surface area contributed by atoms with E-state index in [2.05, 4.69) is 25.8 Å². The summed E-state index contributed by atoms with van der Waals surface area (Å²) in [4.78, 5) is 10.5. The Labute approximate surface area is 146 Å². The van der Waals surface area contributed by atoms with Gasteiger partial charge in [-0.1, -0.05) is 37.6 Å². The van der Waals surface area contributed by atoms with Crippen LogP contribution in [0.3, 0.4) is 0 Å². The van der Waals surface area contributed by atoms with Crippen LogP contribution in [0, 0.1) is 12.8 Å². The Morgan fingerprint density at radius 2 is 1.87 bits per heavy atom. The van der Waals surface area contributed by atoms with Crippen LogP contribution in [0.15, 0.2) is 42.7 Å². The zero-order valence-corrected chi connectivity index (χ0v) is 15.1. The maximum Gasteiger partial charge on any atom is 0.124 e. The van der Waals surface area contributed by atoms with Crippen molar-refractivity contribution < 1.29 is 0 Å². The number of rotatable bonds is 4. The molecule has 4 heteroatoms. The highest BCUT2D eigenvalue weighted by molar-refractivity contribution is 7.15. The zero-order chi connectivity index (χ0) is 16.4. The molecule has 2 heterocycles. The van der Waals surface area contributed by atoms with Gasteiger partial charge in [0.1, 0.15) is 5.01 Å². The molecule has 0 amide bonds. The topological polar surface area (TPSA) is 25.8 Å². The molecule has 0 aliphatic heterocycles. The monoisotopic (exact) mass is 342 g/mol. The third-order valence-corrected chi connectivity index (χ3v) is 5.06. The van der Waals surface area contributed by atoms with E-state index in [1.54, 1.807) is 11.3 Å². The largest absolute Gasteiger partial charge is 0.264 e. The highest BCUT2D eigenvalue weighted by Crippen LogP contribution is 2.36. The van der Waals surface area contributed by atoms with Gasteiger partial charge in [-0.05, 0) is 43.0 Å². The first-order valence-corrected chi connectivity index (χ1v) is 8.90. The van der Waals surface area contributed by atoms with Gasteiger partial charge in [-0.2, -0.15) is 0 Å². The number of benzene rings is 1. The molecular formula is C19H19ClN2S. The summed E-state index contributed by atoms with van der Waals surface area (Å²) in [6, 6.07) is 9.92. The van der Waals surface area contributed by atoms with Gasteiger partial charge in [0.25, 0.3) is 0 Å². The minimum Gasteiger partial charge on any atom is -0.264 e. The van der Waals surface area contributed by atoms with E-state index in [0.29, 0.717) is 5.92 Å². The molecule has 118 valence electrons. The number of aryl methyl sites for hydroxylation is 1. The van der Waals surface area contributed by atoms with Crippen LogP contribution < -0.4 is 0 Å². The molecule has 0 N–H and O–H groups in total. The van der Waals surface area contributed by atoms with Crippen LogP contribution in [0.25, 0.3) is 21.8 Å². The van der Waals surface area contributed by atoms with Gasteiger partial charge < -0.3 is 0 Å². The fraction of sp³-hybridized carbons (Fsp3) is 0.263. The molecule has 0 aliphatic carbocycles. The first-order valence-electron chi connectivity index (χ1n) is 7.71. The van der Waals surface area contributed by atoms with Crippen molar-refractivity contribution in [1.82, 2.24) is 9.97 Å². The molecule has 0 atom stereocenters. The number of pyridine rings is 1. The van der Waals surface area contributed by atoms with Crippen LogP contribution in [-0.4, -0.2) is 9.97 Å². The molecule has 0 radical (unpaired) electrons. The van der Waals surface area contributed by atoms with E-state index in [9.17, 15) is 0 Å². The van der Waals surface area contributed by atoms with E-state index in [1.165, 1.54) is 10.4 Å². The molecule has 0 saturated heterocycles. The van der Waals surface area contributed by atoms with Crippen LogP contribution in [-0.2, 0) is 6.42 Å². The maximum atomic E-state index is 6.00. The first-order chi connectivity index (χ1) is 11.0. The standard InChI is InChI=1S/C19H19ClN2S/c1-12(2)10-17-18(16-11-21-9-8-13(16)3)22-19(23-17)14-4-6-15(20)7-5-14/h4-9,11-12H,10H2,1-3H3. The lowest BCUT2D eigenvalue weighted by Crippen LogP contribution is -1.95. The van der Waals surface area contributed by atoms with Gasteiger partial charge in [-0.3, -0.25) is 4.98 Å². The summed E-state index contributed by atoms with van der Waals surface area (Å²) < 4.78 is 0. The van der Waals surface area contributed by atoms with E-state index in [1.807, 2.05) is 42.7 Å². The van der Waals surface area contributed by atoms with Crippen molar-refractivity contribution in [3.05, 3.63) is 58.2 Å². The Balaban J connectivity index is 2.10. The Morgan fingerprint density at radius 3 is 2.52 bits per heavy atom. The highest BCUT2D eigenvalue weighted by Gasteiger charge is 2.17. The van der Waals surface area contributed by atoms with Gasteiger partial charge in [0.2, 0.25) is 0 Å². The smallest absolute Gasteiger partial charge is 0.124 e. The fourth-order valence-corrected chi connectivity index (χ4v) is 3.92. The van der Waals surface area contributed by atoms with Crippen LogP contribution in [0.4, 0.5) is 0 Å². The molecule has 0 bridgehead atoms. The van der Waals surface area contributed by atoms with Crippen molar-refractivity contribution in [2.45, 2.75) is 27.2 Å². The van der Waals surface area contributed by atoms with Crippen molar-refractivity contribution >= 4 is 22.9 Å².